The van der Waals surface area contributed by atoms with Gasteiger partial charge in [-0.05, 0) is 49.9 Å². The van der Waals surface area contributed by atoms with Gasteiger partial charge in [0.05, 0.1) is 13.7 Å². The van der Waals surface area contributed by atoms with E-state index in [2.05, 4.69) is 26.0 Å². The van der Waals surface area contributed by atoms with Crippen LogP contribution in [-0.4, -0.2) is 23.6 Å². The highest BCUT2D eigenvalue weighted by atomic mass is 32.2. The zero-order valence-corrected chi connectivity index (χ0v) is 10.9. The largest absolute Gasteiger partial charge is 0.496 e. The lowest BCUT2D eigenvalue weighted by molar-refractivity contribution is 0.289. The van der Waals surface area contributed by atoms with Gasteiger partial charge < -0.3 is 9.84 Å². The Kier molecular flexibility index (Phi) is 3.17. The predicted molar refractivity (Wildman–Crippen MR) is 67.4 cm³/mol. The molecule has 0 spiro atoms. The molecule has 1 aliphatic carbocycles. The first-order chi connectivity index (χ1) is 7.60. The zero-order chi connectivity index (χ0) is 11.8. The Morgan fingerprint density at radius 1 is 1.31 bits per heavy atom. The summed E-state index contributed by atoms with van der Waals surface area (Å²) in [5.41, 5.74) is 2.39. The van der Waals surface area contributed by atoms with E-state index in [4.69, 9.17) is 4.74 Å². The molecule has 0 aromatic heterocycles. The molecule has 0 heterocycles. The molecular weight excluding hydrogens is 220 g/mol. The van der Waals surface area contributed by atoms with E-state index in [1.807, 2.05) is 11.8 Å². The van der Waals surface area contributed by atoms with Crippen molar-refractivity contribution < 1.29 is 9.84 Å². The monoisotopic (exact) mass is 238 g/mol. The van der Waals surface area contributed by atoms with E-state index in [1.54, 1.807) is 7.11 Å². The Morgan fingerprint density at radius 3 is 2.50 bits per heavy atom. The molecule has 3 heteroatoms. The van der Waals surface area contributed by atoms with Gasteiger partial charge in [0.1, 0.15) is 5.75 Å². The van der Waals surface area contributed by atoms with E-state index in [0.29, 0.717) is 0 Å². The van der Waals surface area contributed by atoms with Gasteiger partial charge in [0.2, 0.25) is 0 Å². The average Bonchev–Trinajstić information content (AvgIpc) is 3.03. The molecule has 0 atom stereocenters. The minimum atomic E-state index is 0.103. The number of hydrogen-bond acceptors (Lipinski definition) is 3. The highest BCUT2D eigenvalue weighted by Gasteiger charge is 2.43. The maximum atomic E-state index is 9.33. The van der Waals surface area contributed by atoms with E-state index in [9.17, 15) is 5.11 Å². The molecule has 88 valence electrons. The molecule has 16 heavy (non-hydrogen) atoms. The first-order valence-electron chi connectivity index (χ1n) is 5.55. The lowest BCUT2D eigenvalue weighted by Gasteiger charge is -2.15. The van der Waals surface area contributed by atoms with Crippen LogP contribution in [0.25, 0.3) is 0 Å². The molecule has 0 bridgehead atoms. The van der Waals surface area contributed by atoms with Crippen LogP contribution in [0.3, 0.4) is 0 Å². The maximum Gasteiger partial charge on any atom is 0.122 e. The normalized spacial score (nSPS) is 17.2. The number of hydrogen-bond donors (Lipinski definition) is 1. The highest BCUT2D eigenvalue weighted by molar-refractivity contribution is 8.01. The van der Waals surface area contributed by atoms with E-state index < -0.39 is 0 Å². The smallest absolute Gasteiger partial charge is 0.122 e. The standard InChI is InChI=1S/C13H18O2S/c1-9-7-12(10(2)6-11(9)15-3)16-13(8-14)4-5-13/h6-7,14H,4-5,8H2,1-3H3. The van der Waals surface area contributed by atoms with Crippen molar-refractivity contribution in [2.24, 2.45) is 0 Å². The van der Waals surface area contributed by atoms with Crippen LogP contribution in [0.15, 0.2) is 17.0 Å². The molecule has 1 N–H and O–H groups in total. The van der Waals surface area contributed by atoms with E-state index in [0.717, 1.165) is 24.2 Å². The summed E-state index contributed by atoms with van der Waals surface area (Å²) in [6, 6.07) is 4.24. The molecule has 0 aliphatic heterocycles. The van der Waals surface area contributed by atoms with Crippen LogP contribution in [0.4, 0.5) is 0 Å². The minimum absolute atomic E-state index is 0.103. The van der Waals surface area contributed by atoms with Gasteiger partial charge in [-0.2, -0.15) is 0 Å². The third-order valence-corrected chi connectivity index (χ3v) is 4.74. The Morgan fingerprint density at radius 2 is 2.00 bits per heavy atom. The molecule has 1 saturated carbocycles. The van der Waals surface area contributed by atoms with Crippen LogP contribution in [0.1, 0.15) is 24.0 Å². The van der Waals surface area contributed by atoms with Gasteiger partial charge in [-0.15, -0.1) is 11.8 Å². The second kappa shape index (κ2) is 4.30. The molecule has 0 amide bonds. The quantitative estimate of drug-likeness (QED) is 0.874. The second-order valence-electron chi connectivity index (χ2n) is 4.53. The van der Waals surface area contributed by atoms with Crippen molar-refractivity contribution >= 4 is 11.8 Å². The summed E-state index contributed by atoms with van der Waals surface area (Å²) in [6.45, 7) is 4.43. The van der Waals surface area contributed by atoms with Gasteiger partial charge in [0, 0.05) is 9.64 Å². The van der Waals surface area contributed by atoms with Crippen LogP contribution in [0.5, 0.6) is 5.75 Å². The van der Waals surface area contributed by atoms with Crippen LogP contribution < -0.4 is 4.74 Å². The summed E-state index contributed by atoms with van der Waals surface area (Å²) in [5, 5.41) is 9.33. The zero-order valence-electron chi connectivity index (χ0n) is 10.0. The number of ether oxygens (including phenoxy) is 1. The predicted octanol–water partition coefficient (Wildman–Crippen LogP) is 2.93. The fourth-order valence-electron chi connectivity index (χ4n) is 1.76. The van der Waals surface area contributed by atoms with E-state index in [1.165, 1.54) is 10.5 Å². The molecule has 2 rings (SSSR count). The number of aliphatic hydroxyl groups is 1. The van der Waals surface area contributed by atoms with Crippen LogP contribution in [0, 0.1) is 13.8 Å². The van der Waals surface area contributed by atoms with Gasteiger partial charge >= 0.3 is 0 Å². The fourth-order valence-corrected chi connectivity index (χ4v) is 3.05. The van der Waals surface area contributed by atoms with E-state index in [-0.39, 0.29) is 11.4 Å². The number of rotatable bonds is 4. The van der Waals surface area contributed by atoms with Crippen molar-refractivity contribution in [3.8, 4) is 5.75 Å². The van der Waals surface area contributed by atoms with Crippen LogP contribution in [-0.2, 0) is 0 Å². The third kappa shape index (κ3) is 2.20. The summed E-state index contributed by atoms with van der Waals surface area (Å²) in [5.74, 6) is 0.940. The Bertz CT molecular complexity index is 397. The van der Waals surface area contributed by atoms with Gasteiger partial charge in [-0.25, -0.2) is 0 Å². The topological polar surface area (TPSA) is 29.5 Å². The van der Waals surface area contributed by atoms with Crippen molar-refractivity contribution in [1.29, 1.82) is 0 Å². The number of aryl methyl sites for hydroxylation is 2. The molecule has 1 aliphatic rings. The lowest BCUT2D eigenvalue weighted by atomic mass is 10.1. The Balaban J connectivity index is 2.25. The van der Waals surface area contributed by atoms with E-state index >= 15 is 0 Å². The van der Waals surface area contributed by atoms with Crippen molar-refractivity contribution in [1.82, 2.24) is 0 Å². The highest BCUT2D eigenvalue weighted by Crippen LogP contribution is 2.52. The minimum Gasteiger partial charge on any atom is -0.496 e. The summed E-state index contributed by atoms with van der Waals surface area (Å²) >= 11 is 1.81. The molecule has 0 saturated heterocycles. The lowest BCUT2D eigenvalue weighted by Crippen LogP contribution is -2.08. The number of aliphatic hydroxyl groups excluding tert-OH is 1. The van der Waals surface area contributed by atoms with Gasteiger partial charge in [-0.1, -0.05) is 0 Å². The number of thioether (sulfide) groups is 1. The summed E-state index contributed by atoms with van der Waals surface area (Å²) < 4.78 is 5.40. The Hall–Kier alpha value is -0.670. The van der Waals surface area contributed by atoms with Gasteiger partial charge in [-0.3, -0.25) is 0 Å². The average molecular weight is 238 g/mol. The van der Waals surface area contributed by atoms with Crippen LogP contribution in [0.2, 0.25) is 0 Å². The molecule has 1 fully saturated rings. The fraction of sp³-hybridized carbons (Fsp3) is 0.538. The number of benzene rings is 1. The molecule has 1 aromatic rings. The van der Waals surface area contributed by atoms with Gasteiger partial charge in [0.25, 0.3) is 0 Å². The molecule has 0 unspecified atom stereocenters. The molecule has 2 nitrogen and oxygen atoms in total. The van der Waals surface area contributed by atoms with Crippen molar-refractivity contribution in [3.05, 3.63) is 23.3 Å². The molecule has 0 radical (unpaired) electrons. The maximum absolute atomic E-state index is 9.33. The van der Waals surface area contributed by atoms with Crippen molar-refractivity contribution in [2.75, 3.05) is 13.7 Å². The molecular formula is C13H18O2S. The summed E-state index contributed by atoms with van der Waals surface area (Å²) in [7, 11) is 1.70. The first kappa shape index (κ1) is 11.8. The molecule has 1 aromatic carbocycles. The third-order valence-electron chi connectivity index (χ3n) is 3.11. The summed E-state index contributed by atoms with van der Waals surface area (Å²) in [4.78, 5) is 1.27. The summed E-state index contributed by atoms with van der Waals surface area (Å²) in [6.07, 6.45) is 2.25. The van der Waals surface area contributed by atoms with Gasteiger partial charge in [0.15, 0.2) is 0 Å². The second-order valence-corrected chi connectivity index (χ2v) is 6.04. The van der Waals surface area contributed by atoms with Crippen LogP contribution >= 0.6 is 11.8 Å². The number of methoxy groups -OCH3 is 1. The SMILES string of the molecule is COc1cc(C)c(SC2(CO)CC2)cc1C. The van der Waals surface area contributed by atoms with Crippen molar-refractivity contribution in [2.45, 2.75) is 36.3 Å². The Labute approximate surface area is 101 Å². The van der Waals surface area contributed by atoms with Crippen molar-refractivity contribution in [3.63, 3.8) is 0 Å². The first-order valence-corrected chi connectivity index (χ1v) is 6.37.